The molecule has 19 heavy (non-hydrogen) atoms. The lowest BCUT2D eigenvalue weighted by molar-refractivity contribution is 0.111. The van der Waals surface area contributed by atoms with E-state index in [0.29, 0.717) is 29.2 Å². The first kappa shape index (κ1) is 12.6. The summed E-state index contributed by atoms with van der Waals surface area (Å²) in [4.78, 5) is 22.1. The standard InChI is InChI=1S/C12H13BrN4O2/c1-8-6-17-10(13)9(7-18)15-12(17)11(14-8)16-2-4-19-5-3-16/h6-7H,2-5H2,1H3. The van der Waals surface area contributed by atoms with Crippen molar-refractivity contribution < 1.29 is 9.53 Å². The molecule has 3 rings (SSSR count). The van der Waals surface area contributed by atoms with Gasteiger partial charge in [0, 0.05) is 19.3 Å². The molecule has 0 aromatic carbocycles. The van der Waals surface area contributed by atoms with Gasteiger partial charge in [-0.2, -0.15) is 0 Å². The zero-order valence-electron chi connectivity index (χ0n) is 10.5. The molecular formula is C12H13BrN4O2. The minimum absolute atomic E-state index is 0.391. The van der Waals surface area contributed by atoms with Gasteiger partial charge in [-0.3, -0.25) is 9.20 Å². The third-order valence-corrected chi connectivity index (χ3v) is 3.89. The Balaban J connectivity index is 2.19. The van der Waals surface area contributed by atoms with Gasteiger partial charge in [-0.1, -0.05) is 0 Å². The van der Waals surface area contributed by atoms with Crippen molar-refractivity contribution in [3.05, 3.63) is 22.2 Å². The Kier molecular flexibility index (Phi) is 3.24. The molecule has 0 spiro atoms. The molecule has 0 bridgehead atoms. The molecule has 0 radical (unpaired) electrons. The van der Waals surface area contributed by atoms with E-state index in [1.165, 1.54) is 0 Å². The second-order valence-corrected chi connectivity index (χ2v) is 5.16. The number of anilines is 1. The van der Waals surface area contributed by atoms with Crippen LogP contribution in [-0.2, 0) is 4.74 Å². The average molecular weight is 325 g/mol. The maximum Gasteiger partial charge on any atom is 0.181 e. The van der Waals surface area contributed by atoms with Crippen LogP contribution in [0.4, 0.5) is 5.82 Å². The van der Waals surface area contributed by atoms with Gasteiger partial charge in [0.05, 0.1) is 18.9 Å². The highest BCUT2D eigenvalue weighted by atomic mass is 79.9. The van der Waals surface area contributed by atoms with E-state index in [1.807, 2.05) is 17.5 Å². The van der Waals surface area contributed by atoms with E-state index in [4.69, 9.17) is 4.74 Å². The van der Waals surface area contributed by atoms with E-state index in [2.05, 4.69) is 30.8 Å². The first-order chi connectivity index (χ1) is 9.20. The third-order valence-electron chi connectivity index (χ3n) is 3.10. The van der Waals surface area contributed by atoms with Crippen LogP contribution in [0.1, 0.15) is 16.2 Å². The fraction of sp³-hybridized carbons (Fsp3) is 0.417. The van der Waals surface area contributed by atoms with Crippen molar-refractivity contribution in [2.45, 2.75) is 6.92 Å². The molecule has 0 unspecified atom stereocenters. The second kappa shape index (κ2) is 4.90. The Morgan fingerprint density at radius 2 is 2.11 bits per heavy atom. The Bertz CT molecular complexity index is 634. The van der Waals surface area contributed by atoms with E-state index in [0.717, 1.165) is 30.9 Å². The summed E-state index contributed by atoms with van der Waals surface area (Å²) in [5.74, 6) is 0.803. The molecule has 0 atom stereocenters. The Labute approximate surface area is 118 Å². The minimum Gasteiger partial charge on any atom is -0.378 e. The van der Waals surface area contributed by atoms with Gasteiger partial charge in [-0.05, 0) is 22.9 Å². The SMILES string of the molecule is Cc1cn2c(Br)c(C=O)nc2c(N2CCOCC2)n1. The maximum absolute atomic E-state index is 11.0. The van der Waals surface area contributed by atoms with Crippen LogP contribution in [0.15, 0.2) is 10.8 Å². The van der Waals surface area contributed by atoms with Crippen LogP contribution in [0.2, 0.25) is 0 Å². The van der Waals surface area contributed by atoms with Crippen LogP contribution in [0.3, 0.4) is 0 Å². The summed E-state index contributed by atoms with van der Waals surface area (Å²) < 4.78 is 7.87. The Morgan fingerprint density at radius 3 is 2.79 bits per heavy atom. The lowest BCUT2D eigenvalue weighted by atomic mass is 10.4. The maximum atomic E-state index is 11.0. The van der Waals surface area contributed by atoms with Crippen LogP contribution in [0.25, 0.3) is 5.65 Å². The number of aryl methyl sites for hydroxylation is 1. The third kappa shape index (κ3) is 2.12. The highest BCUT2D eigenvalue weighted by Gasteiger charge is 2.20. The zero-order chi connectivity index (χ0) is 13.4. The van der Waals surface area contributed by atoms with Crippen LogP contribution in [-0.4, -0.2) is 47.0 Å². The van der Waals surface area contributed by atoms with Crippen molar-refractivity contribution in [3.8, 4) is 0 Å². The number of hydrogen-bond donors (Lipinski definition) is 0. The molecule has 1 fully saturated rings. The van der Waals surface area contributed by atoms with E-state index in [9.17, 15) is 4.79 Å². The highest BCUT2D eigenvalue weighted by Crippen LogP contribution is 2.25. The summed E-state index contributed by atoms with van der Waals surface area (Å²) in [7, 11) is 0. The van der Waals surface area contributed by atoms with E-state index >= 15 is 0 Å². The topological polar surface area (TPSA) is 59.7 Å². The highest BCUT2D eigenvalue weighted by molar-refractivity contribution is 9.10. The first-order valence-electron chi connectivity index (χ1n) is 6.04. The van der Waals surface area contributed by atoms with Crippen molar-refractivity contribution in [2.24, 2.45) is 0 Å². The van der Waals surface area contributed by atoms with Crippen LogP contribution >= 0.6 is 15.9 Å². The van der Waals surface area contributed by atoms with Gasteiger partial charge in [-0.15, -0.1) is 0 Å². The number of morpholine rings is 1. The predicted octanol–water partition coefficient (Wildman–Crippen LogP) is 1.45. The van der Waals surface area contributed by atoms with Gasteiger partial charge < -0.3 is 9.64 Å². The normalized spacial score (nSPS) is 16.0. The van der Waals surface area contributed by atoms with Crippen molar-refractivity contribution in [1.29, 1.82) is 0 Å². The second-order valence-electron chi connectivity index (χ2n) is 4.40. The molecular weight excluding hydrogens is 312 g/mol. The summed E-state index contributed by atoms with van der Waals surface area (Å²) in [6.45, 7) is 4.87. The molecule has 0 saturated carbocycles. The fourth-order valence-electron chi connectivity index (χ4n) is 2.20. The predicted molar refractivity (Wildman–Crippen MR) is 73.8 cm³/mol. The Hall–Kier alpha value is -1.47. The van der Waals surface area contributed by atoms with Crippen molar-refractivity contribution >= 4 is 33.7 Å². The molecule has 6 nitrogen and oxygen atoms in total. The van der Waals surface area contributed by atoms with Gasteiger partial charge in [-0.25, -0.2) is 9.97 Å². The Morgan fingerprint density at radius 1 is 1.37 bits per heavy atom. The molecule has 1 saturated heterocycles. The van der Waals surface area contributed by atoms with Crippen LogP contribution in [0, 0.1) is 6.92 Å². The number of rotatable bonds is 2. The molecule has 0 amide bonds. The number of carbonyl (C=O) groups excluding carboxylic acids is 1. The quantitative estimate of drug-likeness (QED) is 0.782. The van der Waals surface area contributed by atoms with E-state index < -0.39 is 0 Å². The van der Waals surface area contributed by atoms with Crippen molar-refractivity contribution in [3.63, 3.8) is 0 Å². The van der Waals surface area contributed by atoms with Gasteiger partial charge in [0.2, 0.25) is 0 Å². The summed E-state index contributed by atoms with van der Waals surface area (Å²) in [6, 6.07) is 0. The molecule has 1 aliphatic rings. The van der Waals surface area contributed by atoms with E-state index in [1.54, 1.807) is 0 Å². The smallest absolute Gasteiger partial charge is 0.181 e. The van der Waals surface area contributed by atoms with Gasteiger partial charge in [0.1, 0.15) is 10.3 Å². The van der Waals surface area contributed by atoms with Crippen LogP contribution in [0.5, 0.6) is 0 Å². The molecule has 2 aromatic heterocycles. The lowest BCUT2D eigenvalue weighted by Gasteiger charge is -2.28. The lowest BCUT2D eigenvalue weighted by Crippen LogP contribution is -2.37. The first-order valence-corrected chi connectivity index (χ1v) is 6.83. The largest absolute Gasteiger partial charge is 0.378 e. The van der Waals surface area contributed by atoms with E-state index in [-0.39, 0.29) is 0 Å². The molecule has 2 aromatic rings. The average Bonchev–Trinajstić information content (AvgIpc) is 2.76. The van der Waals surface area contributed by atoms with Crippen LogP contribution < -0.4 is 4.90 Å². The number of fused-ring (bicyclic) bond motifs is 1. The summed E-state index contributed by atoms with van der Waals surface area (Å²) >= 11 is 3.40. The van der Waals surface area contributed by atoms with Crippen molar-refractivity contribution in [2.75, 3.05) is 31.2 Å². The number of aldehydes is 1. The van der Waals surface area contributed by atoms with Gasteiger partial charge in [0.15, 0.2) is 17.8 Å². The zero-order valence-corrected chi connectivity index (χ0v) is 12.1. The van der Waals surface area contributed by atoms with Gasteiger partial charge in [0.25, 0.3) is 0 Å². The molecule has 100 valence electrons. The molecule has 1 aliphatic heterocycles. The summed E-state index contributed by atoms with van der Waals surface area (Å²) in [5.41, 5.74) is 1.97. The number of halogens is 1. The summed E-state index contributed by atoms with van der Waals surface area (Å²) in [5, 5.41) is 0. The number of aromatic nitrogens is 3. The fourth-order valence-corrected chi connectivity index (χ4v) is 2.65. The number of nitrogens with zero attached hydrogens (tertiary/aromatic N) is 4. The molecule has 7 heteroatoms. The number of carbonyl (C=O) groups is 1. The number of hydrogen-bond acceptors (Lipinski definition) is 5. The monoisotopic (exact) mass is 324 g/mol. The van der Waals surface area contributed by atoms with Crippen molar-refractivity contribution in [1.82, 2.24) is 14.4 Å². The molecule has 0 N–H and O–H groups in total. The number of ether oxygens (including phenoxy) is 1. The number of imidazole rings is 1. The minimum atomic E-state index is 0.391. The molecule has 3 heterocycles. The van der Waals surface area contributed by atoms with Gasteiger partial charge >= 0.3 is 0 Å². The summed E-state index contributed by atoms with van der Waals surface area (Å²) in [6.07, 6.45) is 2.61. The molecule has 0 aliphatic carbocycles.